The molecule has 3 aromatic heterocycles. The number of nitrogens with zero attached hydrogens (tertiary/aromatic N) is 5. The Bertz CT molecular complexity index is 1680. The van der Waals surface area contributed by atoms with E-state index in [-0.39, 0.29) is 29.0 Å². The van der Waals surface area contributed by atoms with Gasteiger partial charge in [0, 0.05) is 45.5 Å². The molecule has 2 N–H and O–H groups in total. The fourth-order valence-corrected chi connectivity index (χ4v) is 5.31. The highest BCUT2D eigenvalue weighted by atomic mass is 19.3. The van der Waals surface area contributed by atoms with E-state index in [4.69, 9.17) is 14.6 Å². The minimum Gasteiger partial charge on any atom is -0.434 e. The maximum Gasteiger partial charge on any atom is 0.387 e. The first-order chi connectivity index (χ1) is 18.8. The largest absolute Gasteiger partial charge is 0.434 e. The van der Waals surface area contributed by atoms with Crippen LogP contribution >= 0.6 is 0 Å². The van der Waals surface area contributed by atoms with E-state index in [1.54, 1.807) is 19.9 Å². The van der Waals surface area contributed by atoms with Gasteiger partial charge in [0.15, 0.2) is 0 Å². The van der Waals surface area contributed by atoms with E-state index in [1.807, 2.05) is 0 Å². The summed E-state index contributed by atoms with van der Waals surface area (Å²) >= 11 is 0. The molecule has 4 aromatic rings. The molecule has 2 bridgehead atoms. The van der Waals surface area contributed by atoms with E-state index >= 15 is 0 Å². The number of carbonyl (C=O) groups excluding carboxylic acids is 1. The molecular weight excluding hydrogens is 485 g/mol. The lowest BCUT2D eigenvalue weighted by molar-refractivity contribution is -0.0505. The molecule has 11 heteroatoms. The van der Waals surface area contributed by atoms with Crippen LogP contribution in [0.2, 0.25) is 0 Å². The number of benzene rings is 1. The van der Waals surface area contributed by atoms with Gasteiger partial charge in [-0.3, -0.25) is 9.78 Å². The van der Waals surface area contributed by atoms with Crippen molar-refractivity contribution in [2.45, 2.75) is 44.4 Å². The summed E-state index contributed by atoms with van der Waals surface area (Å²) in [6.45, 7) is -2.73. The lowest BCUT2D eigenvalue weighted by Crippen LogP contribution is -2.31. The Kier molecular flexibility index (Phi) is 4.35. The number of hydrogen-bond donors (Lipinski definition) is 1. The molecule has 6 rings (SSSR count). The minimum absolute atomic E-state index is 0.0349. The SMILES string of the molecule is [2H]C([2H])([2H])N1C(=O)c2cccc(OC(F)F)c2[C@H]2C[C@@H]1c1nn3cnc(-c4cnc(C(C)(C)N)c(F)c4)cc3c12. The number of alkyl halides is 2. The van der Waals surface area contributed by atoms with Gasteiger partial charge in [0.2, 0.25) is 0 Å². The molecule has 1 aromatic carbocycles. The third kappa shape index (κ3) is 3.56. The number of carbonyl (C=O) groups is 1. The average molecular weight is 512 g/mol. The van der Waals surface area contributed by atoms with Crippen LogP contribution in [0.15, 0.2) is 42.9 Å². The van der Waals surface area contributed by atoms with Crippen molar-refractivity contribution in [1.29, 1.82) is 0 Å². The third-order valence-corrected chi connectivity index (χ3v) is 6.86. The predicted octanol–water partition coefficient (Wildman–Crippen LogP) is 4.39. The van der Waals surface area contributed by atoms with Crippen molar-refractivity contribution in [3.05, 3.63) is 76.8 Å². The fourth-order valence-electron chi connectivity index (χ4n) is 5.31. The van der Waals surface area contributed by atoms with E-state index < -0.39 is 42.8 Å². The van der Waals surface area contributed by atoms with Crippen molar-refractivity contribution in [2.75, 3.05) is 6.98 Å². The molecule has 8 nitrogen and oxygen atoms in total. The Morgan fingerprint density at radius 1 is 1.24 bits per heavy atom. The van der Waals surface area contributed by atoms with Gasteiger partial charge >= 0.3 is 6.61 Å². The van der Waals surface area contributed by atoms with E-state index in [0.29, 0.717) is 28.0 Å². The van der Waals surface area contributed by atoms with Gasteiger partial charge in [0.1, 0.15) is 17.9 Å². The number of pyridine rings is 1. The standard InChI is InChI=1S/C26H23F3N6O2/c1-26(2,30)23-15(27)7-12(10-31-23)16-9-17-21-14-8-18(22(21)33-35(17)11-32-16)34(3)24(36)13-5-4-6-19(20(13)14)37-25(28)29/h4-7,9-11,14,18,25H,8,30H2,1-3H3/t14-,18-/m1/s1/i3D3. The highest BCUT2D eigenvalue weighted by Gasteiger charge is 2.46. The van der Waals surface area contributed by atoms with Crippen LogP contribution in [0, 0.1) is 5.82 Å². The highest BCUT2D eigenvalue weighted by Crippen LogP contribution is 2.53. The minimum atomic E-state index is -3.16. The summed E-state index contributed by atoms with van der Waals surface area (Å²) in [6, 6.07) is 6.06. The van der Waals surface area contributed by atoms with Crippen molar-refractivity contribution < 1.29 is 26.8 Å². The predicted molar refractivity (Wildman–Crippen MR) is 128 cm³/mol. The Morgan fingerprint density at radius 3 is 2.76 bits per heavy atom. The molecule has 1 amide bonds. The lowest BCUT2D eigenvalue weighted by Gasteiger charge is -2.23. The Balaban J connectivity index is 1.57. The maximum absolute atomic E-state index is 14.9. The molecule has 1 aliphatic carbocycles. The number of amides is 1. The number of fused-ring (bicyclic) bond motifs is 9. The molecule has 0 fully saturated rings. The molecule has 0 saturated carbocycles. The van der Waals surface area contributed by atoms with Gasteiger partial charge in [-0.25, -0.2) is 13.9 Å². The zero-order chi connectivity index (χ0) is 28.7. The summed E-state index contributed by atoms with van der Waals surface area (Å²) in [6.07, 6.45) is 2.94. The van der Waals surface area contributed by atoms with Crippen LogP contribution < -0.4 is 10.5 Å². The lowest BCUT2D eigenvalue weighted by atomic mass is 9.88. The quantitative estimate of drug-likeness (QED) is 0.437. The second-order valence-electron chi connectivity index (χ2n) is 9.75. The molecule has 0 saturated heterocycles. The number of halogens is 3. The molecule has 0 spiro atoms. The molecule has 0 unspecified atom stereocenters. The maximum atomic E-state index is 14.9. The molecule has 2 aliphatic rings. The van der Waals surface area contributed by atoms with Crippen LogP contribution in [0.25, 0.3) is 16.8 Å². The molecule has 37 heavy (non-hydrogen) atoms. The molecule has 1 aliphatic heterocycles. The van der Waals surface area contributed by atoms with Crippen molar-refractivity contribution in [1.82, 2.24) is 24.5 Å². The summed E-state index contributed by atoms with van der Waals surface area (Å²) in [5.74, 6) is -2.34. The van der Waals surface area contributed by atoms with Gasteiger partial charge in [-0.15, -0.1) is 0 Å². The zero-order valence-electron chi connectivity index (χ0n) is 22.7. The second-order valence-corrected chi connectivity index (χ2v) is 9.75. The van der Waals surface area contributed by atoms with Gasteiger partial charge in [-0.05, 0) is 44.5 Å². The van der Waals surface area contributed by atoms with Crippen LogP contribution in [0.1, 0.15) is 69.2 Å². The first kappa shape index (κ1) is 20.1. The second kappa shape index (κ2) is 8.01. The molecule has 0 radical (unpaired) electrons. The van der Waals surface area contributed by atoms with Crippen LogP contribution in [-0.2, 0) is 5.54 Å². The van der Waals surface area contributed by atoms with Crippen molar-refractivity contribution in [3.8, 4) is 17.0 Å². The summed E-state index contributed by atoms with van der Waals surface area (Å²) in [5, 5.41) is 4.55. The van der Waals surface area contributed by atoms with E-state index in [1.165, 1.54) is 41.3 Å². The molecule has 4 heterocycles. The normalized spacial score (nSPS) is 20.4. The first-order valence-corrected chi connectivity index (χ1v) is 11.5. The fraction of sp³-hybridized carbons (Fsp3) is 0.308. The van der Waals surface area contributed by atoms with Crippen LogP contribution in [0.5, 0.6) is 5.75 Å². The van der Waals surface area contributed by atoms with Crippen molar-refractivity contribution in [2.24, 2.45) is 5.73 Å². The Morgan fingerprint density at radius 2 is 2.05 bits per heavy atom. The number of ether oxygens (including phenoxy) is 1. The Labute approximate surface area is 214 Å². The smallest absolute Gasteiger partial charge is 0.387 e. The Hall–Kier alpha value is -3.99. The first-order valence-electron chi connectivity index (χ1n) is 13.0. The number of hydrogen-bond acceptors (Lipinski definition) is 6. The number of nitrogens with two attached hydrogens (primary N) is 1. The van der Waals surface area contributed by atoms with Gasteiger partial charge in [0.25, 0.3) is 5.91 Å². The summed E-state index contributed by atoms with van der Waals surface area (Å²) in [5.41, 5.74) is 7.30. The average Bonchev–Trinajstić information content (AvgIpc) is 3.35. The van der Waals surface area contributed by atoms with Gasteiger partial charge in [-0.1, -0.05) is 6.07 Å². The number of rotatable bonds is 4. The van der Waals surface area contributed by atoms with Crippen molar-refractivity contribution >= 4 is 11.4 Å². The van der Waals surface area contributed by atoms with E-state index in [9.17, 15) is 18.0 Å². The molecular formula is C26H23F3N6O2. The topological polar surface area (TPSA) is 98.6 Å². The number of aromatic nitrogens is 4. The van der Waals surface area contributed by atoms with Crippen LogP contribution in [-0.4, -0.2) is 44.0 Å². The molecule has 190 valence electrons. The molecule has 2 atom stereocenters. The van der Waals surface area contributed by atoms with Crippen molar-refractivity contribution in [3.63, 3.8) is 0 Å². The van der Waals surface area contributed by atoms with Crippen LogP contribution in [0.4, 0.5) is 13.2 Å². The summed E-state index contributed by atoms with van der Waals surface area (Å²) < 4.78 is 72.2. The summed E-state index contributed by atoms with van der Waals surface area (Å²) in [7, 11) is 0. The monoisotopic (exact) mass is 511 g/mol. The van der Waals surface area contributed by atoms with Gasteiger partial charge in [0.05, 0.1) is 34.2 Å². The van der Waals surface area contributed by atoms with E-state index in [0.717, 1.165) is 4.90 Å². The third-order valence-electron chi connectivity index (χ3n) is 6.86. The highest BCUT2D eigenvalue weighted by molar-refractivity contribution is 5.98. The zero-order valence-corrected chi connectivity index (χ0v) is 19.7. The summed E-state index contributed by atoms with van der Waals surface area (Å²) in [4.78, 5) is 22.9. The van der Waals surface area contributed by atoms with Gasteiger partial charge < -0.3 is 15.4 Å². The van der Waals surface area contributed by atoms with Gasteiger partial charge in [-0.2, -0.15) is 13.9 Å². The van der Waals surface area contributed by atoms with Crippen LogP contribution in [0.3, 0.4) is 0 Å². The van der Waals surface area contributed by atoms with E-state index in [2.05, 4.69) is 15.1 Å².